The molecule has 2 atom stereocenters. The van der Waals surface area contributed by atoms with Crippen LogP contribution in [0.15, 0.2) is 22.7 Å². The Kier molecular flexibility index (Phi) is 4.45. The minimum absolute atomic E-state index is 0.138. The lowest BCUT2D eigenvalue weighted by molar-refractivity contribution is -0.145. The monoisotopic (exact) mass is 341 g/mol. The van der Waals surface area contributed by atoms with Crippen molar-refractivity contribution in [1.82, 2.24) is 4.90 Å². The molecule has 6 heteroatoms. The number of carbonyl (C=O) groups excluding carboxylic acids is 2. The van der Waals surface area contributed by atoms with E-state index in [4.69, 9.17) is 4.74 Å². The van der Waals surface area contributed by atoms with Gasteiger partial charge in [-0.2, -0.15) is 0 Å². The molecule has 0 saturated carbocycles. The van der Waals surface area contributed by atoms with Crippen LogP contribution in [0.4, 0.5) is 0 Å². The SMILES string of the molecule is COC(=O)C1CC(O)CN1C(=O)c1ccc(C)cc1Br. The molecule has 2 unspecified atom stereocenters. The molecule has 1 saturated heterocycles. The third-order valence-electron chi connectivity index (χ3n) is 3.37. The van der Waals surface area contributed by atoms with E-state index < -0.39 is 18.1 Å². The zero-order valence-electron chi connectivity index (χ0n) is 11.3. The molecule has 108 valence electrons. The molecular weight excluding hydrogens is 326 g/mol. The maximum Gasteiger partial charge on any atom is 0.328 e. The van der Waals surface area contributed by atoms with Crippen molar-refractivity contribution in [2.24, 2.45) is 0 Å². The van der Waals surface area contributed by atoms with Crippen LogP contribution in [-0.4, -0.2) is 47.7 Å². The summed E-state index contributed by atoms with van der Waals surface area (Å²) in [6.07, 6.45) is -0.491. The summed E-state index contributed by atoms with van der Waals surface area (Å²) in [4.78, 5) is 25.6. The number of aliphatic hydroxyl groups excluding tert-OH is 1. The van der Waals surface area contributed by atoms with Crippen molar-refractivity contribution in [3.63, 3.8) is 0 Å². The summed E-state index contributed by atoms with van der Waals surface area (Å²) >= 11 is 3.36. The molecule has 1 heterocycles. The second-order valence-corrected chi connectivity index (χ2v) is 5.72. The van der Waals surface area contributed by atoms with Crippen molar-refractivity contribution in [3.05, 3.63) is 33.8 Å². The second kappa shape index (κ2) is 5.93. The number of aliphatic hydroxyl groups is 1. The molecular formula is C14H16BrNO4. The Bertz CT molecular complexity index is 546. The van der Waals surface area contributed by atoms with Crippen LogP contribution in [-0.2, 0) is 9.53 Å². The third kappa shape index (κ3) is 2.86. The number of methoxy groups -OCH3 is 1. The summed E-state index contributed by atoms with van der Waals surface area (Å²) in [5.74, 6) is -0.790. The Morgan fingerprint density at radius 2 is 2.15 bits per heavy atom. The summed E-state index contributed by atoms with van der Waals surface area (Å²) in [7, 11) is 1.28. The number of nitrogens with zero attached hydrogens (tertiary/aromatic N) is 1. The van der Waals surface area contributed by atoms with Crippen molar-refractivity contribution in [2.45, 2.75) is 25.5 Å². The molecule has 0 bridgehead atoms. The van der Waals surface area contributed by atoms with Crippen molar-refractivity contribution in [1.29, 1.82) is 0 Å². The van der Waals surface area contributed by atoms with Gasteiger partial charge in [-0.3, -0.25) is 4.79 Å². The van der Waals surface area contributed by atoms with Gasteiger partial charge in [-0.25, -0.2) is 4.79 Å². The molecule has 1 aromatic carbocycles. The Morgan fingerprint density at radius 3 is 2.75 bits per heavy atom. The summed E-state index contributed by atoms with van der Waals surface area (Å²) < 4.78 is 5.37. The summed E-state index contributed by atoms with van der Waals surface area (Å²) in [6, 6.07) is 4.65. The molecule has 0 radical (unpaired) electrons. The molecule has 0 aliphatic carbocycles. The van der Waals surface area contributed by atoms with Gasteiger partial charge in [0.1, 0.15) is 6.04 Å². The summed E-state index contributed by atoms with van der Waals surface area (Å²) in [6.45, 7) is 2.06. The first kappa shape index (κ1) is 15.0. The van der Waals surface area contributed by atoms with E-state index in [-0.39, 0.29) is 18.9 Å². The number of carbonyl (C=O) groups is 2. The largest absolute Gasteiger partial charge is 0.467 e. The van der Waals surface area contributed by atoms with Gasteiger partial charge in [-0.05, 0) is 40.5 Å². The van der Waals surface area contributed by atoms with Crippen LogP contribution >= 0.6 is 15.9 Å². The number of aryl methyl sites for hydroxylation is 1. The van der Waals surface area contributed by atoms with Gasteiger partial charge >= 0.3 is 5.97 Å². The smallest absolute Gasteiger partial charge is 0.328 e. The first-order valence-corrected chi connectivity index (χ1v) is 7.06. The normalized spacial score (nSPS) is 21.9. The van der Waals surface area contributed by atoms with E-state index in [1.54, 1.807) is 6.07 Å². The van der Waals surface area contributed by atoms with Gasteiger partial charge in [0.05, 0.1) is 18.8 Å². The van der Waals surface area contributed by atoms with Gasteiger partial charge in [-0.15, -0.1) is 0 Å². The summed E-state index contributed by atoms with van der Waals surface area (Å²) in [5, 5.41) is 9.71. The molecule has 1 aromatic rings. The van der Waals surface area contributed by atoms with E-state index in [1.807, 2.05) is 19.1 Å². The second-order valence-electron chi connectivity index (χ2n) is 4.87. The third-order valence-corrected chi connectivity index (χ3v) is 4.02. The molecule has 1 amide bonds. The topological polar surface area (TPSA) is 66.8 Å². The number of likely N-dealkylation sites (tertiary alicyclic amines) is 1. The Balaban J connectivity index is 2.29. The fraction of sp³-hybridized carbons (Fsp3) is 0.429. The van der Waals surface area contributed by atoms with Crippen molar-refractivity contribution < 1.29 is 19.4 Å². The highest BCUT2D eigenvalue weighted by molar-refractivity contribution is 9.10. The van der Waals surface area contributed by atoms with Crippen LogP contribution in [0.2, 0.25) is 0 Å². The van der Waals surface area contributed by atoms with Crippen molar-refractivity contribution in [3.8, 4) is 0 Å². The zero-order chi connectivity index (χ0) is 14.9. The van der Waals surface area contributed by atoms with Crippen LogP contribution < -0.4 is 0 Å². The molecule has 1 fully saturated rings. The van der Waals surface area contributed by atoms with Crippen molar-refractivity contribution >= 4 is 27.8 Å². The highest BCUT2D eigenvalue weighted by Crippen LogP contribution is 2.25. The first-order valence-electron chi connectivity index (χ1n) is 6.27. The fourth-order valence-electron chi connectivity index (χ4n) is 2.35. The van der Waals surface area contributed by atoms with Crippen LogP contribution in [0.1, 0.15) is 22.3 Å². The zero-order valence-corrected chi connectivity index (χ0v) is 12.9. The number of hydrogen-bond acceptors (Lipinski definition) is 4. The average molecular weight is 342 g/mol. The van der Waals surface area contributed by atoms with Gasteiger partial charge in [0.25, 0.3) is 5.91 Å². The maximum atomic E-state index is 12.5. The van der Waals surface area contributed by atoms with E-state index >= 15 is 0 Å². The quantitative estimate of drug-likeness (QED) is 0.828. The number of halogens is 1. The molecule has 1 N–H and O–H groups in total. The van der Waals surface area contributed by atoms with Gasteiger partial charge in [0.2, 0.25) is 0 Å². The van der Waals surface area contributed by atoms with E-state index in [0.717, 1.165) is 5.56 Å². The Morgan fingerprint density at radius 1 is 1.45 bits per heavy atom. The van der Waals surface area contributed by atoms with Crippen LogP contribution in [0.5, 0.6) is 0 Å². The average Bonchev–Trinajstić information content (AvgIpc) is 2.79. The lowest BCUT2D eigenvalue weighted by Crippen LogP contribution is -2.41. The van der Waals surface area contributed by atoms with E-state index in [2.05, 4.69) is 15.9 Å². The molecule has 0 aromatic heterocycles. The van der Waals surface area contributed by atoms with Crippen LogP contribution in [0.25, 0.3) is 0 Å². The molecule has 20 heavy (non-hydrogen) atoms. The molecule has 5 nitrogen and oxygen atoms in total. The first-order chi connectivity index (χ1) is 9.43. The number of β-amino-alcohol motifs (C(OH)–C–C–N with tert-alkyl or cyclic N) is 1. The highest BCUT2D eigenvalue weighted by Gasteiger charge is 2.40. The Labute approximate surface area is 125 Å². The predicted molar refractivity (Wildman–Crippen MR) is 76.3 cm³/mol. The van der Waals surface area contributed by atoms with E-state index in [0.29, 0.717) is 10.0 Å². The van der Waals surface area contributed by atoms with Gasteiger partial charge < -0.3 is 14.7 Å². The van der Waals surface area contributed by atoms with Gasteiger partial charge in [0, 0.05) is 17.4 Å². The minimum atomic E-state index is -0.726. The van der Waals surface area contributed by atoms with Gasteiger partial charge in [0.15, 0.2) is 0 Å². The molecule has 1 aliphatic heterocycles. The number of ether oxygens (including phenoxy) is 1. The number of esters is 1. The highest BCUT2D eigenvalue weighted by atomic mass is 79.9. The van der Waals surface area contributed by atoms with E-state index in [1.165, 1.54) is 12.0 Å². The standard InChI is InChI=1S/C14H16BrNO4/c1-8-3-4-10(11(15)5-8)13(18)16-7-9(17)6-12(16)14(19)20-2/h3-5,9,12,17H,6-7H2,1-2H3. The van der Waals surface area contributed by atoms with Crippen LogP contribution in [0.3, 0.4) is 0 Å². The minimum Gasteiger partial charge on any atom is -0.467 e. The fourth-order valence-corrected chi connectivity index (χ4v) is 3.01. The number of hydrogen-bond donors (Lipinski definition) is 1. The lowest BCUT2D eigenvalue weighted by Gasteiger charge is -2.23. The Hall–Kier alpha value is -1.40. The van der Waals surface area contributed by atoms with Crippen LogP contribution in [0, 0.1) is 6.92 Å². The molecule has 0 spiro atoms. The molecule has 1 aliphatic rings. The maximum absolute atomic E-state index is 12.5. The predicted octanol–water partition coefficient (Wildman–Crippen LogP) is 1.51. The molecule has 2 rings (SSSR count). The number of amides is 1. The summed E-state index contributed by atoms with van der Waals surface area (Å²) in [5.41, 5.74) is 1.50. The lowest BCUT2D eigenvalue weighted by atomic mass is 10.1. The van der Waals surface area contributed by atoms with Gasteiger partial charge in [-0.1, -0.05) is 6.07 Å². The van der Waals surface area contributed by atoms with E-state index in [9.17, 15) is 14.7 Å². The number of rotatable bonds is 2. The number of benzene rings is 1. The van der Waals surface area contributed by atoms with Crippen molar-refractivity contribution in [2.75, 3.05) is 13.7 Å².